The molecule has 0 saturated carbocycles. The molecule has 4 nitrogen and oxygen atoms in total. The minimum atomic E-state index is -0.956. The van der Waals surface area contributed by atoms with Gasteiger partial charge in [-0.2, -0.15) is 0 Å². The van der Waals surface area contributed by atoms with Crippen molar-refractivity contribution < 1.29 is 14.7 Å². The van der Waals surface area contributed by atoms with Crippen molar-refractivity contribution in [1.82, 2.24) is 4.90 Å². The van der Waals surface area contributed by atoms with Crippen LogP contribution in [0.5, 0.6) is 0 Å². The van der Waals surface area contributed by atoms with Crippen molar-refractivity contribution in [2.24, 2.45) is 0 Å². The van der Waals surface area contributed by atoms with Gasteiger partial charge in [-0.25, -0.2) is 4.79 Å². The van der Waals surface area contributed by atoms with Crippen molar-refractivity contribution in [2.75, 3.05) is 0 Å². The van der Waals surface area contributed by atoms with Crippen LogP contribution >= 0.6 is 27.3 Å². The molecule has 0 bridgehead atoms. The number of nitrogens with zero attached hydrogens (tertiary/aromatic N) is 1. The molecule has 0 fully saturated rings. The lowest BCUT2D eigenvalue weighted by Crippen LogP contribution is -2.49. The van der Waals surface area contributed by atoms with Crippen LogP contribution in [0.3, 0.4) is 0 Å². The summed E-state index contributed by atoms with van der Waals surface area (Å²) in [5.41, 5.74) is 1.99. The van der Waals surface area contributed by atoms with E-state index in [9.17, 15) is 14.7 Å². The number of fused-ring (bicyclic) bond motifs is 1. The van der Waals surface area contributed by atoms with Gasteiger partial charge < -0.3 is 10.0 Å². The van der Waals surface area contributed by atoms with Crippen LogP contribution in [0.25, 0.3) is 0 Å². The van der Waals surface area contributed by atoms with Crippen molar-refractivity contribution in [1.29, 1.82) is 0 Å². The Morgan fingerprint density at radius 3 is 2.78 bits per heavy atom. The molecule has 6 heteroatoms. The van der Waals surface area contributed by atoms with E-state index in [-0.39, 0.29) is 12.3 Å². The van der Waals surface area contributed by atoms with Gasteiger partial charge in [0.05, 0.1) is 6.42 Å². The summed E-state index contributed by atoms with van der Waals surface area (Å²) in [6, 6.07) is 8.87. The molecule has 3 rings (SSSR count). The Hall–Kier alpha value is -1.66. The molecule has 2 heterocycles. The van der Waals surface area contributed by atoms with Gasteiger partial charge in [-0.05, 0) is 36.2 Å². The van der Waals surface area contributed by atoms with Crippen LogP contribution in [0.2, 0.25) is 0 Å². The largest absolute Gasteiger partial charge is 0.480 e. The van der Waals surface area contributed by atoms with Gasteiger partial charge in [0.25, 0.3) is 0 Å². The number of thiophene rings is 1. The normalized spacial score (nSPS) is 17.0. The molecule has 1 aliphatic heterocycles. The van der Waals surface area contributed by atoms with Crippen molar-refractivity contribution in [3.05, 3.63) is 55.7 Å². The number of carboxylic acid groups (broad SMARTS) is 1. The number of benzene rings is 1. The molecule has 1 unspecified atom stereocenters. The summed E-state index contributed by atoms with van der Waals surface area (Å²) in [4.78, 5) is 27.9. The minimum absolute atomic E-state index is 0.134. The van der Waals surface area contributed by atoms with Crippen LogP contribution in [0.15, 0.2) is 34.8 Å². The SMILES string of the molecule is Cc1ccc(CC(=O)N2Cc3cccc(Br)c3CC2C(=O)O)s1. The van der Waals surface area contributed by atoms with E-state index in [1.165, 1.54) is 4.90 Å². The summed E-state index contributed by atoms with van der Waals surface area (Å²) >= 11 is 5.05. The van der Waals surface area contributed by atoms with E-state index in [1.807, 2.05) is 37.3 Å². The number of amides is 1. The van der Waals surface area contributed by atoms with Crippen LogP contribution in [0.4, 0.5) is 0 Å². The third-order valence-corrected chi connectivity index (χ3v) is 5.80. The number of hydrogen-bond acceptors (Lipinski definition) is 3. The van der Waals surface area contributed by atoms with Crippen molar-refractivity contribution >= 4 is 39.1 Å². The molecule has 120 valence electrons. The molecular weight excluding hydrogens is 378 g/mol. The highest BCUT2D eigenvalue weighted by atomic mass is 79.9. The summed E-state index contributed by atoms with van der Waals surface area (Å²) < 4.78 is 0.905. The van der Waals surface area contributed by atoms with Crippen LogP contribution in [-0.2, 0) is 29.0 Å². The number of aliphatic carboxylic acids is 1. The fourth-order valence-corrected chi connectivity index (χ4v) is 4.34. The molecule has 23 heavy (non-hydrogen) atoms. The lowest BCUT2D eigenvalue weighted by atomic mass is 9.93. The summed E-state index contributed by atoms with van der Waals surface area (Å²) in [5.74, 6) is -1.09. The first-order valence-electron chi connectivity index (χ1n) is 7.29. The van der Waals surface area contributed by atoms with E-state index in [0.717, 1.165) is 25.4 Å². The smallest absolute Gasteiger partial charge is 0.326 e. The zero-order chi connectivity index (χ0) is 16.6. The quantitative estimate of drug-likeness (QED) is 0.868. The predicted molar refractivity (Wildman–Crippen MR) is 92.6 cm³/mol. The van der Waals surface area contributed by atoms with Gasteiger partial charge in [0, 0.05) is 27.2 Å². The Morgan fingerprint density at radius 2 is 2.13 bits per heavy atom. The molecule has 1 atom stereocenters. The van der Waals surface area contributed by atoms with Crippen LogP contribution in [0.1, 0.15) is 20.9 Å². The fraction of sp³-hybridized carbons (Fsp3) is 0.294. The van der Waals surface area contributed by atoms with E-state index < -0.39 is 12.0 Å². The van der Waals surface area contributed by atoms with E-state index >= 15 is 0 Å². The third kappa shape index (κ3) is 3.33. The van der Waals surface area contributed by atoms with Crippen molar-refractivity contribution in [2.45, 2.75) is 32.4 Å². The molecule has 0 spiro atoms. The van der Waals surface area contributed by atoms with Gasteiger partial charge in [0.2, 0.25) is 5.91 Å². The molecule has 1 amide bonds. The zero-order valence-corrected chi connectivity index (χ0v) is 15.0. The first-order valence-corrected chi connectivity index (χ1v) is 8.90. The molecule has 1 aliphatic rings. The summed E-state index contributed by atoms with van der Waals surface area (Å²) in [7, 11) is 0. The van der Waals surface area contributed by atoms with Gasteiger partial charge in [-0.15, -0.1) is 11.3 Å². The molecular formula is C17H16BrNO3S. The highest BCUT2D eigenvalue weighted by Gasteiger charge is 2.35. The molecule has 0 aliphatic carbocycles. The Morgan fingerprint density at radius 1 is 1.35 bits per heavy atom. The zero-order valence-electron chi connectivity index (χ0n) is 12.6. The summed E-state index contributed by atoms with van der Waals surface area (Å²) in [5, 5.41) is 9.54. The third-order valence-electron chi connectivity index (χ3n) is 4.06. The standard InChI is InChI=1S/C17H16BrNO3S/c1-10-5-6-12(23-10)7-16(20)19-9-11-3-2-4-14(18)13(11)8-15(19)17(21)22/h2-6,15H,7-9H2,1H3,(H,21,22). The van der Waals surface area contributed by atoms with Gasteiger partial charge >= 0.3 is 5.97 Å². The second-order valence-electron chi connectivity index (χ2n) is 5.65. The number of carbonyl (C=O) groups excluding carboxylic acids is 1. The van der Waals surface area contributed by atoms with E-state index in [1.54, 1.807) is 11.3 Å². The Kier molecular flexibility index (Phi) is 4.55. The van der Waals surface area contributed by atoms with Gasteiger partial charge in [-0.1, -0.05) is 28.1 Å². The fourth-order valence-electron chi connectivity index (χ4n) is 2.89. The average Bonchev–Trinajstić information content (AvgIpc) is 2.91. The number of halogens is 1. The first kappa shape index (κ1) is 16.2. The molecule has 1 aromatic heterocycles. The molecule has 0 saturated heterocycles. The van der Waals surface area contributed by atoms with Gasteiger partial charge in [0.1, 0.15) is 6.04 Å². The maximum Gasteiger partial charge on any atom is 0.326 e. The minimum Gasteiger partial charge on any atom is -0.480 e. The number of hydrogen-bond donors (Lipinski definition) is 1. The second kappa shape index (κ2) is 6.45. The first-order chi connectivity index (χ1) is 11.0. The van der Waals surface area contributed by atoms with Crippen LogP contribution in [-0.4, -0.2) is 27.9 Å². The Bertz CT molecular complexity index is 771. The highest BCUT2D eigenvalue weighted by Crippen LogP contribution is 2.30. The van der Waals surface area contributed by atoms with Crippen LogP contribution in [0, 0.1) is 6.92 Å². The van der Waals surface area contributed by atoms with Gasteiger partial charge in [0.15, 0.2) is 0 Å². The maximum atomic E-state index is 12.6. The maximum absolute atomic E-state index is 12.6. The summed E-state index contributed by atoms with van der Waals surface area (Å²) in [6.45, 7) is 2.34. The van der Waals surface area contributed by atoms with E-state index in [0.29, 0.717) is 13.0 Å². The predicted octanol–water partition coefficient (Wildman–Crippen LogP) is 3.40. The monoisotopic (exact) mass is 393 g/mol. The topological polar surface area (TPSA) is 57.6 Å². The average molecular weight is 394 g/mol. The number of carbonyl (C=O) groups is 2. The molecule has 1 N–H and O–H groups in total. The Balaban J connectivity index is 1.87. The lowest BCUT2D eigenvalue weighted by molar-refractivity contribution is -0.151. The van der Waals surface area contributed by atoms with Crippen molar-refractivity contribution in [3.63, 3.8) is 0 Å². The molecule has 2 aromatic rings. The van der Waals surface area contributed by atoms with E-state index in [2.05, 4.69) is 15.9 Å². The molecule has 0 radical (unpaired) electrons. The molecule has 1 aromatic carbocycles. The lowest BCUT2D eigenvalue weighted by Gasteiger charge is -2.35. The number of aryl methyl sites for hydroxylation is 1. The number of rotatable bonds is 3. The number of carboxylic acids is 1. The summed E-state index contributed by atoms with van der Waals surface area (Å²) in [6.07, 6.45) is 0.590. The van der Waals surface area contributed by atoms with Gasteiger partial charge in [-0.3, -0.25) is 4.79 Å². The van der Waals surface area contributed by atoms with Crippen molar-refractivity contribution in [3.8, 4) is 0 Å². The Labute approximate surface area is 146 Å². The van der Waals surface area contributed by atoms with Crippen LogP contribution < -0.4 is 0 Å². The second-order valence-corrected chi connectivity index (χ2v) is 7.87. The highest BCUT2D eigenvalue weighted by molar-refractivity contribution is 9.10. The van der Waals surface area contributed by atoms with E-state index in [4.69, 9.17) is 0 Å².